The number of amides is 1. The zero-order valence-electron chi connectivity index (χ0n) is 11.9. The minimum absolute atomic E-state index is 0.344. The second-order valence-electron chi connectivity index (χ2n) is 4.39. The molecule has 2 aromatic rings. The summed E-state index contributed by atoms with van der Waals surface area (Å²) in [5, 5.41) is 3.46. The Morgan fingerprint density at radius 1 is 1.05 bits per heavy atom. The molecule has 22 heavy (non-hydrogen) atoms. The van der Waals surface area contributed by atoms with Crippen LogP contribution in [-0.4, -0.2) is 26.2 Å². The first kappa shape index (κ1) is 16.6. The number of nitrogens with one attached hydrogen (secondary N) is 1. The van der Waals surface area contributed by atoms with E-state index in [4.69, 9.17) is 32.7 Å². The van der Waals surface area contributed by atoms with Crippen molar-refractivity contribution in [2.45, 2.75) is 0 Å². The third-order valence-corrected chi connectivity index (χ3v) is 3.51. The Morgan fingerprint density at radius 3 is 2.41 bits per heavy atom. The lowest BCUT2D eigenvalue weighted by molar-refractivity contribution is 0.101. The van der Waals surface area contributed by atoms with Crippen LogP contribution in [0, 0.1) is 0 Å². The Bertz CT molecular complexity index is 641. The second kappa shape index (κ2) is 8.03. The minimum atomic E-state index is -0.344. The summed E-state index contributed by atoms with van der Waals surface area (Å²) in [6, 6.07) is 12.0. The number of carbonyl (C=O) groups is 1. The number of carbonyl (C=O) groups excluding carboxylic acids is 1. The van der Waals surface area contributed by atoms with Gasteiger partial charge in [0.05, 0.1) is 27.9 Å². The Morgan fingerprint density at radius 2 is 1.73 bits per heavy atom. The Kier molecular flexibility index (Phi) is 6.07. The van der Waals surface area contributed by atoms with Crippen molar-refractivity contribution in [3.8, 4) is 5.75 Å². The summed E-state index contributed by atoms with van der Waals surface area (Å²) in [6.07, 6.45) is 0. The van der Waals surface area contributed by atoms with Gasteiger partial charge < -0.3 is 14.8 Å². The van der Waals surface area contributed by atoms with Gasteiger partial charge in [-0.25, -0.2) is 0 Å². The molecule has 0 fully saturated rings. The normalized spacial score (nSPS) is 10.3. The van der Waals surface area contributed by atoms with E-state index in [0.717, 1.165) is 0 Å². The first-order valence-corrected chi connectivity index (χ1v) is 7.35. The molecule has 1 amide bonds. The third kappa shape index (κ3) is 4.13. The van der Waals surface area contributed by atoms with Gasteiger partial charge in [0.25, 0.3) is 5.91 Å². The summed E-state index contributed by atoms with van der Waals surface area (Å²) in [5.41, 5.74) is 0.775. The van der Waals surface area contributed by atoms with Gasteiger partial charge in [-0.15, -0.1) is 0 Å². The number of hydrogen-bond donors (Lipinski definition) is 1. The SMILES string of the molecule is COCCOc1ccccc1C(=O)Nc1c(Cl)cccc1Cl. The van der Waals surface area contributed by atoms with Crippen LogP contribution < -0.4 is 10.1 Å². The van der Waals surface area contributed by atoms with Crippen LogP contribution in [0.25, 0.3) is 0 Å². The molecule has 0 radical (unpaired) electrons. The fourth-order valence-electron chi connectivity index (χ4n) is 1.81. The lowest BCUT2D eigenvalue weighted by Crippen LogP contribution is -2.15. The molecule has 2 rings (SSSR count). The molecule has 6 heteroatoms. The van der Waals surface area contributed by atoms with Crippen molar-refractivity contribution in [3.63, 3.8) is 0 Å². The van der Waals surface area contributed by atoms with Gasteiger partial charge in [0, 0.05) is 7.11 Å². The van der Waals surface area contributed by atoms with Gasteiger partial charge in [0.2, 0.25) is 0 Å². The van der Waals surface area contributed by atoms with Gasteiger partial charge in [0.1, 0.15) is 12.4 Å². The molecule has 0 unspecified atom stereocenters. The van der Waals surface area contributed by atoms with E-state index in [2.05, 4.69) is 5.32 Å². The number of benzene rings is 2. The van der Waals surface area contributed by atoms with Crippen LogP contribution in [0.2, 0.25) is 10.0 Å². The van der Waals surface area contributed by atoms with Gasteiger partial charge in [-0.05, 0) is 24.3 Å². The Balaban J connectivity index is 2.19. The topological polar surface area (TPSA) is 47.6 Å². The molecule has 0 aliphatic rings. The first-order valence-electron chi connectivity index (χ1n) is 6.59. The van der Waals surface area contributed by atoms with Crippen molar-refractivity contribution in [3.05, 3.63) is 58.1 Å². The summed E-state index contributed by atoms with van der Waals surface area (Å²) >= 11 is 12.1. The standard InChI is InChI=1S/C16H15Cl2NO3/c1-21-9-10-22-14-8-3-2-5-11(14)16(20)19-15-12(17)6-4-7-13(15)18/h2-8H,9-10H2,1H3,(H,19,20). The second-order valence-corrected chi connectivity index (χ2v) is 5.20. The summed E-state index contributed by atoms with van der Waals surface area (Å²) < 4.78 is 10.5. The van der Waals surface area contributed by atoms with Gasteiger partial charge in [-0.2, -0.15) is 0 Å². The molecule has 0 spiro atoms. The fraction of sp³-hybridized carbons (Fsp3) is 0.188. The molecule has 0 aliphatic carbocycles. The summed E-state index contributed by atoms with van der Waals surface area (Å²) in [4.78, 5) is 12.4. The number of methoxy groups -OCH3 is 1. The van der Waals surface area contributed by atoms with Crippen molar-refractivity contribution in [2.24, 2.45) is 0 Å². The van der Waals surface area contributed by atoms with Crippen LogP contribution in [0.3, 0.4) is 0 Å². The molecule has 0 heterocycles. The predicted octanol–water partition coefficient (Wildman–Crippen LogP) is 4.27. The highest BCUT2D eigenvalue weighted by Gasteiger charge is 2.15. The van der Waals surface area contributed by atoms with Crippen LogP contribution in [-0.2, 0) is 4.74 Å². The highest BCUT2D eigenvalue weighted by atomic mass is 35.5. The predicted molar refractivity (Wildman–Crippen MR) is 88.2 cm³/mol. The zero-order chi connectivity index (χ0) is 15.9. The molecule has 1 N–H and O–H groups in total. The van der Waals surface area contributed by atoms with Crippen molar-refractivity contribution in [1.29, 1.82) is 0 Å². The number of ether oxygens (including phenoxy) is 2. The molecule has 0 saturated carbocycles. The maximum atomic E-state index is 12.4. The third-order valence-electron chi connectivity index (χ3n) is 2.88. The number of halogens is 2. The quantitative estimate of drug-likeness (QED) is 0.799. The van der Waals surface area contributed by atoms with Gasteiger partial charge in [-0.1, -0.05) is 41.4 Å². The summed E-state index contributed by atoms with van der Waals surface area (Å²) in [5.74, 6) is 0.128. The van der Waals surface area contributed by atoms with E-state index >= 15 is 0 Å². The van der Waals surface area contributed by atoms with Crippen molar-refractivity contribution < 1.29 is 14.3 Å². The minimum Gasteiger partial charge on any atom is -0.490 e. The van der Waals surface area contributed by atoms with Crippen molar-refractivity contribution in [2.75, 3.05) is 25.6 Å². The lowest BCUT2D eigenvalue weighted by Gasteiger charge is -2.13. The molecule has 0 saturated heterocycles. The number of hydrogen-bond acceptors (Lipinski definition) is 3. The van der Waals surface area contributed by atoms with Crippen LogP contribution >= 0.6 is 23.2 Å². The van der Waals surface area contributed by atoms with Crippen LogP contribution in [0.15, 0.2) is 42.5 Å². The molecular formula is C16H15Cl2NO3. The average Bonchev–Trinajstić information content (AvgIpc) is 2.51. The molecule has 116 valence electrons. The fourth-order valence-corrected chi connectivity index (χ4v) is 2.31. The molecule has 0 bridgehead atoms. The summed E-state index contributed by atoms with van der Waals surface area (Å²) in [6.45, 7) is 0.792. The maximum Gasteiger partial charge on any atom is 0.259 e. The largest absolute Gasteiger partial charge is 0.490 e. The lowest BCUT2D eigenvalue weighted by atomic mass is 10.2. The van der Waals surface area contributed by atoms with Gasteiger partial charge >= 0.3 is 0 Å². The van der Waals surface area contributed by atoms with Crippen LogP contribution in [0.5, 0.6) is 5.75 Å². The monoisotopic (exact) mass is 339 g/mol. The molecule has 4 nitrogen and oxygen atoms in total. The van der Waals surface area contributed by atoms with Crippen molar-refractivity contribution in [1.82, 2.24) is 0 Å². The van der Waals surface area contributed by atoms with Crippen LogP contribution in [0.4, 0.5) is 5.69 Å². The van der Waals surface area contributed by atoms with Crippen LogP contribution in [0.1, 0.15) is 10.4 Å². The first-order chi connectivity index (χ1) is 10.6. The Hall–Kier alpha value is -1.75. The smallest absolute Gasteiger partial charge is 0.259 e. The van der Waals surface area contributed by atoms with E-state index in [1.807, 2.05) is 0 Å². The van der Waals surface area contributed by atoms with E-state index in [9.17, 15) is 4.79 Å². The highest BCUT2D eigenvalue weighted by molar-refractivity contribution is 6.40. The van der Waals surface area contributed by atoms with E-state index in [1.54, 1.807) is 49.6 Å². The average molecular weight is 340 g/mol. The number of anilines is 1. The zero-order valence-corrected chi connectivity index (χ0v) is 13.4. The highest BCUT2D eigenvalue weighted by Crippen LogP contribution is 2.31. The number of rotatable bonds is 6. The number of para-hydroxylation sites is 2. The molecule has 2 aromatic carbocycles. The van der Waals surface area contributed by atoms with E-state index < -0.39 is 0 Å². The van der Waals surface area contributed by atoms with Crippen molar-refractivity contribution >= 4 is 34.8 Å². The van der Waals surface area contributed by atoms with E-state index in [0.29, 0.717) is 40.3 Å². The van der Waals surface area contributed by atoms with E-state index in [-0.39, 0.29) is 5.91 Å². The summed E-state index contributed by atoms with van der Waals surface area (Å²) in [7, 11) is 1.58. The van der Waals surface area contributed by atoms with Gasteiger partial charge in [0.15, 0.2) is 0 Å². The Labute approximate surface area is 138 Å². The molecule has 0 aromatic heterocycles. The van der Waals surface area contributed by atoms with Gasteiger partial charge in [-0.3, -0.25) is 4.79 Å². The molecule has 0 aliphatic heterocycles. The maximum absolute atomic E-state index is 12.4. The molecular weight excluding hydrogens is 325 g/mol. The van der Waals surface area contributed by atoms with E-state index in [1.165, 1.54) is 0 Å². The molecule has 0 atom stereocenters.